The molecular formula is C17H20N2O3. The minimum atomic E-state index is -0.929. The number of pyridine rings is 1. The SMILES string of the molecule is CC1CCCN1CCOc1ccc2cc(C(=O)O)ccc2n1. The second-order valence-corrected chi connectivity index (χ2v) is 5.74. The molecule has 1 atom stereocenters. The highest BCUT2D eigenvalue weighted by atomic mass is 16.5. The summed E-state index contributed by atoms with van der Waals surface area (Å²) in [6.07, 6.45) is 2.53. The van der Waals surface area contributed by atoms with Crippen LogP contribution >= 0.6 is 0 Å². The molecule has 1 fully saturated rings. The number of hydrogen-bond donors (Lipinski definition) is 1. The Kier molecular flexibility index (Phi) is 4.24. The summed E-state index contributed by atoms with van der Waals surface area (Å²) in [7, 11) is 0. The van der Waals surface area contributed by atoms with Crippen molar-refractivity contribution in [1.29, 1.82) is 0 Å². The molecule has 5 nitrogen and oxygen atoms in total. The van der Waals surface area contributed by atoms with Gasteiger partial charge in [-0.1, -0.05) is 0 Å². The number of ether oxygens (including phenoxy) is 1. The van der Waals surface area contributed by atoms with Crippen LogP contribution in [-0.4, -0.2) is 46.7 Å². The van der Waals surface area contributed by atoms with Crippen LogP contribution in [0.25, 0.3) is 10.9 Å². The molecule has 116 valence electrons. The number of carbonyl (C=O) groups is 1. The van der Waals surface area contributed by atoms with E-state index in [2.05, 4.69) is 16.8 Å². The zero-order valence-electron chi connectivity index (χ0n) is 12.7. The number of aromatic carboxylic acids is 1. The Hall–Kier alpha value is -2.14. The molecule has 22 heavy (non-hydrogen) atoms. The maximum atomic E-state index is 11.0. The number of hydrogen-bond acceptors (Lipinski definition) is 4. The maximum absolute atomic E-state index is 11.0. The highest BCUT2D eigenvalue weighted by molar-refractivity contribution is 5.93. The average Bonchev–Trinajstić information content (AvgIpc) is 2.92. The molecule has 0 bridgehead atoms. The lowest BCUT2D eigenvalue weighted by atomic mass is 10.1. The highest BCUT2D eigenvalue weighted by Gasteiger charge is 2.19. The molecule has 1 aliphatic rings. The number of fused-ring (bicyclic) bond motifs is 1. The Bertz CT molecular complexity index is 687. The Morgan fingerprint density at radius 3 is 3.00 bits per heavy atom. The number of carboxylic acids is 1. The van der Waals surface area contributed by atoms with E-state index in [1.54, 1.807) is 24.3 Å². The molecule has 1 N–H and O–H groups in total. The van der Waals surface area contributed by atoms with E-state index in [9.17, 15) is 4.79 Å². The third-order valence-corrected chi connectivity index (χ3v) is 4.23. The molecule has 0 aliphatic carbocycles. The van der Waals surface area contributed by atoms with Gasteiger partial charge in [-0.25, -0.2) is 9.78 Å². The predicted molar refractivity (Wildman–Crippen MR) is 84.5 cm³/mol. The molecule has 5 heteroatoms. The van der Waals surface area contributed by atoms with Gasteiger partial charge in [0.2, 0.25) is 5.88 Å². The molecule has 2 heterocycles. The number of aromatic nitrogens is 1. The summed E-state index contributed by atoms with van der Waals surface area (Å²) in [6.45, 7) is 4.93. The fourth-order valence-corrected chi connectivity index (χ4v) is 2.91. The minimum Gasteiger partial charge on any atom is -0.478 e. The van der Waals surface area contributed by atoms with Gasteiger partial charge >= 0.3 is 5.97 Å². The third kappa shape index (κ3) is 3.20. The first-order chi connectivity index (χ1) is 10.6. The topological polar surface area (TPSA) is 62.7 Å². The van der Waals surface area contributed by atoms with Gasteiger partial charge in [0.15, 0.2) is 0 Å². The molecule has 1 aromatic heterocycles. The zero-order chi connectivity index (χ0) is 15.5. The maximum Gasteiger partial charge on any atom is 0.335 e. The predicted octanol–water partition coefficient (Wildman–Crippen LogP) is 2.80. The van der Waals surface area contributed by atoms with Gasteiger partial charge in [0.05, 0.1) is 11.1 Å². The molecular weight excluding hydrogens is 280 g/mol. The van der Waals surface area contributed by atoms with Crippen molar-refractivity contribution in [2.24, 2.45) is 0 Å². The Labute approximate surface area is 129 Å². The van der Waals surface area contributed by atoms with Gasteiger partial charge in [0.1, 0.15) is 6.61 Å². The monoisotopic (exact) mass is 300 g/mol. The quantitative estimate of drug-likeness (QED) is 0.920. The van der Waals surface area contributed by atoms with E-state index < -0.39 is 5.97 Å². The molecule has 1 unspecified atom stereocenters. The minimum absolute atomic E-state index is 0.269. The van der Waals surface area contributed by atoms with Crippen molar-refractivity contribution in [3.05, 3.63) is 35.9 Å². The Morgan fingerprint density at radius 1 is 1.41 bits per heavy atom. The first-order valence-electron chi connectivity index (χ1n) is 7.64. The fourth-order valence-electron chi connectivity index (χ4n) is 2.91. The highest BCUT2D eigenvalue weighted by Crippen LogP contribution is 2.19. The van der Waals surface area contributed by atoms with Crippen molar-refractivity contribution in [2.45, 2.75) is 25.8 Å². The number of likely N-dealkylation sites (tertiary alicyclic amines) is 1. The van der Waals surface area contributed by atoms with Crippen LogP contribution in [0.2, 0.25) is 0 Å². The van der Waals surface area contributed by atoms with Crippen LogP contribution in [0.5, 0.6) is 5.88 Å². The van der Waals surface area contributed by atoms with Gasteiger partial charge in [0, 0.05) is 24.0 Å². The van der Waals surface area contributed by atoms with Gasteiger partial charge in [-0.3, -0.25) is 4.90 Å². The summed E-state index contributed by atoms with van der Waals surface area (Å²) in [6, 6.07) is 9.19. The summed E-state index contributed by atoms with van der Waals surface area (Å²) < 4.78 is 5.73. The number of carboxylic acid groups (broad SMARTS) is 1. The van der Waals surface area contributed by atoms with Gasteiger partial charge < -0.3 is 9.84 Å². The summed E-state index contributed by atoms with van der Waals surface area (Å²) in [5.41, 5.74) is 1.02. The Balaban J connectivity index is 1.64. The van der Waals surface area contributed by atoms with Crippen LogP contribution < -0.4 is 4.74 Å². The second kappa shape index (κ2) is 6.32. The smallest absolute Gasteiger partial charge is 0.335 e. The van der Waals surface area contributed by atoms with Gasteiger partial charge in [-0.05, 0) is 50.6 Å². The normalized spacial score (nSPS) is 18.7. The molecule has 0 saturated carbocycles. The lowest BCUT2D eigenvalue weighted by Crippen LogP contribution is -2.31. The van der Waals surface area contributed by atoms with Gasteiger partial charge in [-0.15, -0.1) is 0 Å². The van der Waals surface area contributed by atoms with Crippen molar-refractivity contribution >= 4 is 16.9 Å². The number of rotatable bonds is 5. The van der Waals surface area contributed by atoms with Crippen molar-refractivity contribution < 1.29 is 14.6 Å². The lowest BCUT2D eigenvalue weighted by molar-refractivity contribution is 0.0697. The van der Waals surface area contributed by atoms with Gasteiger partial charge in [-0.2, -0.15) is 0 Å². The first-order valence-corrected chi connectivity index (χ1v) is 7.64. The van der Waals surface area contributed by atoms with E-state index >= 15 is 0 Å². The molecule has 3 rings (SSSR count). The molecule has 0 radical (unpaired) electrons. The second-order valence-electron chi connectivity index (χ2n) is 5.74. The van der Waals surface area contributed by atoms with E-state index in [0.717, 1.165) is 24.0 Å². The van der Waals surface area contributed by atoms with Crippen molar-refractivity contribution in [3.63, 3.8) is 0 Å². The lowest BCUT2D eigenvalue weighted by Gasteiger charge is -2.20. The van der Waals surface area contributed by atoms with Crippen molar-refractivity contribution in [3.8, 4) is 5.88 Å². The summed E-state index contributed by atoms with van der Waals surface area (Å²) in [5, 5.41) is 9.80. The van der Waals surface area contributed by atoms with Crippen LogP contribution in [0.4, 0.5) is 0 Å². The van der Waals surface area contributed by atoms with Crippen LogP contribution in [0, 0.1) is 0 Å². The molecule has 1 aliphatic heterocycles. The van der Waals surface area contributed by atoms with E-state index in [0.29, 0.717) is 18.5 Å². The largest absolute Gasteiger partial charge is 0.478 e. The van der Waals surface area contributed by atoms with Gasteiger partial charge in [0.25, 0.3) is 0 Å². The first kappa shape index (κ1) is 14.8. The number of nitrogens with zero attached hydrogens (tertiary/aromatic N) is 2. The molecule has 2 aromatic rings. The third-order valence-electron chi connectivity index (χ3n) is 4.23. The van der Waals surface area contributed by atoms with Crippen LogP contribution in [0.3, 0.4) is 0 Å². The average molecular weight is 300 g/mol. The standard InChI is InChI=1S/C17H20N2O3/c1-12-3-2-8-19(12)9-10-22-16-7-5-13-11-14(17(20)21)4-6-15(13)18-16/h4-7,11-12H,2-3,8-10H2,1H3,(H,20,21). The van der Waals surface area contributed by atoms with Crippen LogP contribution in [-0.2, 0) is 0 Å². The molecule has 0 amide bonds. The summed E-state index contributed by atoms with van der Waals surface area (Å²) in [5.74, 6) is -0.343. The summed E-state index contributed by atoms with van der Waals surface area (Å²) >= 11 is 0. The van der Waals surface area contributed by atoms with Crippen LogP contribution in [0.15, 0.2) is 30.3 Å². The molecule has 0 spiro atoms. The van der Waals surface area contributed by atoms with E-state index in [1.807, 2.05) is 6.07 Å². The summed E-state index contributed by atoms with van der Waals surface area (Å²) in [4.78, 5) is 17.8. The zero-order valence-corrected chi connectivity index (χ0v) is 12.7. The van der Waals surface area contributed by atoms with Crippen molar-refractivity contribution in [2.75, 3.05) is 19.7 Å². The van der Waals surface area contributed by atoms with Crippen LogP contribution in [0.1, 0.15) is 30.1 Å². The van der Waals surface area contributed by atoms with E-state index in [1.165, 1.54) is 12.8 Å². The van der Waals surface area contributed by atoms with E-state index in [4.69, 9.17) is 9.84 Å². The number of benzene rings is 1. The fraction of sp³-hybridized carbons (Fsp3) is 0.412. The van der Waals surface area contributed by atoms with Crippen molar-refractivity contribution in [1.82, 2.24) is 9.88 Å². The van der Waals surface area contributed by atoms with E-state index in [-0.39, 0.29) is 5.56 Å². The molecule has 1 aromatic carbocycles. The molecule has 1 saturated heterocycles. The Morgan fingerprint density at radius 2 is 2.27 bits per heavy atom.